The number of nitrogens with one attached hydrogen (secondary N) is 1. The molecule has 0 aromatic carbocycles. The van der Waals surface area contributed by atoms with Crippen molar-refractivity contribution >= 4 is 6.03 Å². The number of hydrogen-bond donors (Lipinski definition) is 2. The number of nitrogens with zero attached hydrogens (tertiary/aromatic N) is 2. The van der Waals surface area contributed by atoms with Crippen LogP contribution < -0.4 is 11.2 Å². The summed E-state index contributed by atoms with van der Waals surface area (Å²) in [5, 5.41) is 1.81. The third-order valence-corrected chi connectivity index (χ3v) is 1.68. The summed E-state index contributed by atoms with van der Waals surface area (Å²) in [6.07, 6.45) is 1.02. The lowest BCUT2D eigenvalue weighted by Crippen LogP contribution is -2.45. The van der Waals surface area contributed by atoms with E-state index < -0.39 is 6.03 Å². The molecule has 5 nitrogen and oxygen atoms in total. The minimum Gasteiger partial charge on any atom is -0.351 e. The number of rotatable bonds is 6. The van der Waals surface area contributed by atoms with Crippen LogP contribution in [0.3, 0.4) is 0 Å². The summed E-state index contributed by atoms with van der Waals surface area (Å²) in [5.41, 5.74) is 7.56. The van der Waals surface area contributed by atoms with Crippen LogP contribution in [0, 0.1) is 0 Å². The first kappa shape index (κ1) is 12.2. The average molecular weight is 188 g/mol. The highest BCUT2D eigenvalue weighted by atomic mass is 16.2. The van der Waals surface area contributed by atoms with Crippen LogP contribution >= 0.6 is 0 Å². The summed E-state index contributed by atoms with van der Waals surface area (Å²) < 4.78 is 0. The van der Waals surface area contributed by atoms with E-state index in [2.05, 4.69) is 10.3 Å². The number of nitrogens with two attached hydrogens (primary N) is 1. The summed E-state index contributed by atoms with van der Waals surface area (Å²) in [5.74, 6) is 0. The van der Waals surface area contributed by atoms with Gasteiger partial charge in [0, 0.05) is 13.1 Å². The maximum absolute atomic E-state index is 10.5. The summed E-state index contributed by atoms with van der Waals surface area (Å²) in [4.78, 5) is 12.6. The van der Waals surface area contributed by atoms with Crippen LogP contribution in [0.15, 0.2) is 0 Å². The highest BCUT2D eigenvalue weighted by molar-refractivity contribution is 5.70. The molecule has 0 saturated heterocycles. The summed E-state index contributed by atoms with van der Waals surface area (Å²) >= 11 is 0. The first-order valence-corrected chi connectivity index (χ1v) is 4.52. The first-order valence-electron chi connectivity index (χ1n) is 4.52. The van der Waals surface area contributed by atoms with Gasteiger partial charge in [0.05, 0.1) is 0 Å². The van der Waals surface area contributed by atoms with Gasteiger partial charge in [0.25, 0.3) is 0 Å². The Kier molecular flexibility index (Phi) is 6.26. The molecule has 2 amide bonds. The number of urea groups is 1. The zero-order chi connectivity index (χ0) is 10.3. The average Bonchev–Trinajstić information content (AvgIpc) is 2.01. The molecule has 0 aromatic rings. The zero-order valence-electron chi connectivity index (χ0n) is 8.71. The van der Waals surface area contributed by atoms with Crippen LogP contribution in [-0.2, 0) is 0 Å². The smallest absolute Gasteiger partial charge is 0.326 e. The van der Waals surface area contributed by atoms with Gasteiger partial charge in [0.15, 0.2) is 0 Å². The third kappa shape index (κ3) is 7.55. The molecule has 0 bridgehead atoms. The standard InChI is InChI=1S/C8H20N4O/c1-4-12(10-8(9)13)7-5-6-11(2)3/h4-7H2,1-3H3,(H3,9,10,13). The molecular formula is C8H20N4O. The molecule has 0 unspecified atom stereocenters. The van der Waals surface area contributed by atoms with E-state index in [4.69, 9.17) is 5.73 Å². The van der Waals surface area contributed by atoms with Crippen LogP contribution in [0.1, 0.15) is 13.3 Å². The molecule has 0 rings (SSSR count). The van der Waals surface area contributed by atoms with Crippen LogP contribution in [0.5, 0.6) is 0 Å². The van der Waals surface area contributed by atoms with Crippen molar-refractivity contribution in [1.82, 2.24) is 15.3 Å². The van der Waals surface area contributed by atoms with Crippen molar-refractivity contribution in [2.75, 3.05) is 33.7 Å². The van der Waals surface area contributed by atoms with Crippen molar-refractivity contribution in [2.45, 2.75) is 13.3 Å². The van der Waals surface area contributed by atoms with Crippen molar-refractivity contribution in [1.29, 1.82) is 0 Å². The second-order valence-corrected chi connectivity index (χ2v) is 3.21. The molecule has 0 radical (unpaired) electrons. The van der Waals surface area contributed by atoms with Gasteiger partial charge in [-0.15, -0.1) is 0 Å². The molecule has 0 atom stereocenters. The monoisotopic (exact) mass is 188 g/mol. The molecule has 3 N–H and O–H groups in total. The molecule has 0 heterocycles. The van der Waals surface area contributed by atoms with Gasteiger partial charge in [-0.1, -0.05) is 6.92 Å². The normalized spacial score (nSPS) is 10.8. The predicted molar refractivity (Wildman–Crippen MR) is 53.1 cm³/mol. The van der Waals surface area contributed by atoms with Crippen molar-refractivity contribution in [3.8, 4) is 0 Å². The van der Waals surface area contributed by atoms with E-state index in [1.807, 2.05) is 26.0 Å². The van der Waals surface area contributed by atoms with Gasteiger partial charge in [-0.05, 0) is 27.1 Å². The SMILES string of the molecule is CCN(CCCN(C)C)NC(N)=O. The highest BCUT2D eigenvalue weighted by Crippen LogP contribution is 1.88. The van der Waals surface area contributed by atoms with E-state index in [1.165, 1.54) is 0 Å². The molecule has 0 aliphatic rings. The third-order valence-electron chi connectivity index (χ3n) is 1.68. The van der Waals surface area contributed by atoms with Crippen molar-refractivity contribution < 1.29 is 4.79 Å². The minimum atomic E-state index is -0.494. The number of primary amides is 1. The highest BCUT2D eigenvalue weighted by Gasteiger charge is 2.03. The molecular weight excluding hydrogens is 168 g/mol. The Hall–Kier alpha value is -0.810. The fourth-order valence-corrected chi connectivity index (χ4v) is 1.03. The molecule has 0 spiro atoms. The van der Waals surface area contributed by atoms with E-state index in [9.17, 15) is 4.79 Å². The number of amides is 2. The van der Waals surface area contributed by atoms with Crippen LogP contribution in [0.2, 0.25) is 0 Å². The molecule has 0 saturated carbocycles. The van der Waals surface area contributed by atoms with Gasteiger partial charge in [0.1, 0.15) is 0 Å². The predicted octanol–water partition coefficient (Wildman–Crippen LogP) is -0.157. The van der Waals surface area contributed by atoms with E-state index in [0.29, 0.717) is 0 Å². The second-order valence-electron chi connectivity index (χ2n) is 3.21. The van der Waals surface area contributed by atoms with Crippen LogP contribution in [-0.4, -0.2) is 49.7 Å². The topological polar surface area (TPSA) is 61.6 Å². The van der Waals surface area contributed by atoms with E-state index in [1.54, 1.807) is 0 Å². The fraction of sp³-hybridized carbons (Fsp3) is 0.875. The number of hydrogen-bond acceptors (Lipinski definition) is 3. The fourth-order valence-electron chi connectivity index (χ4n) is 1.03. The lowest BCUT2D eigenvalue weighted by molar-refractivity contribution is 0.183. The summed E-state index contributed by atoms with van der Waals surface area (Å²) in [6, 6.07) is -0.494. The maximum atomic E-state index is 10.5. The Morgan fingerprint density at radius 2 is 2.00 bits per heavy atom. The Bertz CT molecular complexity index is 149. The van der Waals surface area contributed by atoms with Gasteiger partial charge < -0.3 is 10.6 Å². The Morgan fingerprint density at radius 1 is 1.38 bits per heavy atom. The molecule has 13 heavy (non-hydrogen) atoms. The first-order chi connectivity index (χ1) is 6.06. The van der Waals surface area contributed by atoms with E-state index >= 15 is 0 Å². The lowest BCUT2D eigenvalue weighted by atomic mass is 10.4. The van der Waals surface area contributed by atoms with Crippen LogP contribution in [0.4, 0.5) is 4.79 Å². The van der Waals surface area contributed by atoms with Crippen molar-refractivity contribution in [2.24, 2.45) is 5.73 Å². The summed E-state index contributed by atoms with van der Waals surface area (Å²) in [7, 11) is 4.05. The van der Waals surface area contributed by atoms with Gasteiger partial charge in [-0.25, -0.2) is 9.80 Å². The van der Waals surface area contributed by atoms with Gasteiger partial charge in [0.2, 0.25) is 0 Å². The zero-order valence-corrected chi connectivity index (χ0v) is 8.71. The largest absolute Gasteiger partial charge is 0.351 e. The van der Waals surface area contributed by atoms with Gasteiger partial charge in [-0.3, -0.25) is 5.43 Å². The molecule has 5 heteroatoms. The number of hydrazine groups is 1. The molecule has 0 aromatic heterocycles. The minimum absolute atomic E-state index is 0.494. The van der Waals surface area contributed by atoms with E-state index in [0.717, 1.165) is 26.1 Å². The molecule has 78 valence electrons. The molecule has 0 aliphatic heterocycles. The number of carbonyl (C=O) groups is 1. The van der Waals surface area contributed by atoms with Crippen LogP contribution in [0.25, 0.3) is 0 Å². The molecule has 0 aliphatic carbocycles. The Morgan fingerprint density at radius 3 is 2.38 bits per heavy atom. The quantitative estimate of drug-likeness (QED) is 0.570. The van der Waals surface area contributed by atoms with E-state index in [-0.39, 0.29) is 0 Å². The summed E-state index contributed by atoms with van der Waals surface area (Å²) in [6.45, 7) is 4.59. The Labute approximate surface area is 79.8 Å². The van der Waals surface area contributed by atoms with Crippen molar-refractivity contribution in [3.05, 3.63) is 0 Å². The van der Waals surface area contributed by atoms with Gasteiger partial charge >= 0.3 is 6.03 Å². The van der Waals surface area contributed by atoms with Crippen molar-refractivity contribution in [3.63, 3.8) is 0 Å². The second kappa shape index (κ2) is 6.68. The van der Waals surface area contributed by atoms with Gasteiger partial charge in [-0.2, -0.15) is 0 Å². The molecule has 0 fully saturated rings. The number of carbonyl (C=O) groups excluding carboxylic acids is 1. The Balaban J connectivity index is 3.53. The maximum Gasteiger partial charge on any atom is 0.326 e. The lowest BCUT2D eigenvalue weighted by Gasteiger charge is -2.20.